The van der Waals surface area contributed by atoms with Gasteiger partial charge in [0, 0.05) is 31.3 Å². The number of aryl methyl sites for hydroxylation is 2. The topological polar surface area (TPSA) is 82.8 Å². The maximum atomic E-state index is 6.19. The van der Waals surface area contributed by atoms with E-state index in [4.69, 9.17) is 10.3 Å². The van der Waals surface area contributed by atoms with Crippen LogP contribution in [0.1, 0.15) is 56.6 Å². The summed E-state index contributed by atoms with van der Waals surface area (Å²) in [5.41, 5.74) is 5.84. The molecule has 0 spiro atoms. The SMILES string of the molecule is CC(C)c1nccn1CCc1nc(C2(N)CCC2)no1.Cl. The molecule has 116 valence electrons. The predicted octanol–water partition coefficient (Wildman–Crippen LogP) is 2.39. The van der Waals surface area contributed by atoms with E-state index in [-0.39, 0.29) is 17.9 Å². The minimum atomic E-state index is -0.347. The fourth-order valence-corrected chi connectivity index (χ4v) is 2.57. The third-order valence-electron chi connectivity index (χ3n) is 3.99. The Kier molecular flexibility index (Phi) is 4.68. The molecule has 7 heteroatoms. The van der Waals surface area contributed by atoms with Crippen molar-refractivity contribution in [3.8, 4) is 0 Å². The van der Waals surface area contributed by atoms with Gasteiger partial charge in [-0.15, -0.1) is 12.4 Å². The van der Waals surface area contributed by atoms with Crippen molar-refractivity contribution in [2.45, 2.75) is 57.5 Å². The van der Waals surface area contributed by atoms with Crippen molar-refractivity contribution in [2.75, 3.05) is 0 Å². The summed E-state index contributed by atoms with van der Waals surface area (Å²) in [6.45, 7) is 5.07. The van der Waals surface area contributed by atoms with Crippen molar-refractivity contribution in [2.24, 2.45) is 5.73 Å². The van der Waals surface area contributed by atoms with Gasteiger partial charge in [0.25, 0.3) is 0 Å². The molecule has 6 nitrogen and oxygen atoms in total. The van der Waals surface area contributed by atoms with Gasteiger partial charge in [-0.05, 0) is 19.3 Å². The number of hydrogen-bond donors (Lipinski definition) is 1. The van der Waals surface area contributed by atoms with Crippen molar-refractivity contribution < 1.29 is 4.52 Å². The summed E-state index contributed by atoms with van der Waals surface area (Å²) in [6, 6.07) is 0. The van der Waals surface area contributed by atoms with E-state index in [1.807, 2.05) is 12.4 Å². The van der Waals surface area contributed by atoms with Crippen LogP contribution in [-0.2, 0) is 18.5 Å². The minimum absolute atomic E-state index is 0. The van der Waals surface area contributed by atoms with Crippen LogP contribution >= 0.6 is 12.4 Å². The highest BCUT2D eigenvalue weighted by Gasteiger charge is 2.38. The molecule has 21 heavy (non-hydrogen) atoms. The maximum Gasteiger partial charge on any atom is 0.228 e. The lowest BCUT2D eigenvalue weighted by molar-refractivity contribution is 0.229. The summed E-state index contributed by atoms with van der Waals surface area (Å²) in [5.74, 6) is 2.80. The summed E-state index contributed by atoms with van der Waals surface area (Å²) < 4.78 is 7.45. The normalized spacial score (nSPS) is 16.6. The molecule has 0 atom stereocenters. The number of nitrogens with zero attached hydrogens (tertiary/aromatic N) is 4. The Morgan fingerprint density at radius 1 is 1.43 bits per heavy atom. The van der Waals surface area contributed by atoms with E-state index in [1.54, 1.807) is 0 Å². The van der Waals surface area contributed by atoms with E-state index in [0.29, 0.717) is 24.1 Å². The molecular weight excluding hydrogens is 290 g/mol. The van der Waals surface area contributed by atoms with Gasteiger partial charge in [-0.25, -0.2) is 4.98 Å². The number of imidazole rings is 1. The predicted molar refractivity (Wildman–Crippen MR) is 81.3 cm³/mol. The molecule has 2 N–H and O–H groups in total. The molecule has 2 heterocycles. The second-order valence-electron chi connectivity index (χ2n) is 5.90. The first-order chi connectivity index (χ1) is 9.58. The zero-order chi connectivity index (χ0) is 14.2. The maximum absolute atomic E-state index is 6.19. The molecule has 0 aromatic carbocycles. The van der Waals surface area contributed by atoms with Crippen molar-refractivity contribution >= 4 is 12.4 Å². The first kappa shape index (κ1) is 16.0. The van der Waals surface area contributed by atoms with Crippen molar-refractivity contribution in [3.05, 3.63) is 29.9 Å². The Bertz CT molecular complexity index is 588. The zero-order valence-corrected chi connectivity index (χ0v) is 13.3. The van der Waals surface area contributed by atoms with Crippen LogP contribution in [0.2, 0.25) is 0 Å². The highest BCUT2D eigenvalue weighted by atomic mass is 35.5. The molecular formula is C14H22ClN5O. The van der Waals surface area contributed by atoms with Gasteiger partial charge in [-0.1, -0.05) is 19.0 Å². The first-order valence-electron chi connectivity index (χ1n) is 7.21. The Morgan fingerprint density at radius 2 is 2.19 bits per heavy atom. The number of nitrogens with two attached hydrogens (primary N) is 1. The number of rotatable bonds is 5. The van der Waals surface area contributed by atoms with Gasteiger partial charge in [0.15, 0.2) is 5.82 Å². The Morgan fingerprint density at radius 3 is 2.81 bits per heavy atom. The van der Waals surface area contributed by atoms with Gasteiger partial charge in [0.05, 0.1) is 5.54 Å². The summed E-state index contributed by atoms with van der Waals surface area (Å²) >= 11 is 0. The van der Waals surface area contributed by atoms with E-state index in [2.05, 4.69) is 33.5 Å². The lowest BCUT2D eigenvalue weighted by Crippen LogP contribution is -2.44. The molecule has 0 aliphatic heterocycles. The molecule has 1 aliphatic carbocycles. The second-order valence-corrected chi connectivity index (χ2v) is 5.90. The van der Waals surface area contributed by atoms with Gasteiger partial charge in [-0.3, -0.25) is 0 Å². The monoisotopic (exact) mass is 311 g/mol. The summed E-state index contributed by atoms with van der Waals surface area (Å²) in [4.78, 5) is 8.81. The van der Waals surface area contributed by atoms with Gasteiger partial charge < -0.3 is 14.8 Å². The molecule has 3 rings (SSSR count). The van der Waals surface area contributed by atoms with Crippen LogP contribution < -0.4 is 5.73 Å². The summed E-state index contributed by atoms with van der Waals surface area (Å²) in [5, 5.41) is 4.03. The Labute approximate surface area is 130 Å². The standard InChI is InChI=1S/C14H21N5O.ClH/c1-10(2)12-16-7-9-19(12)8-4-11-17-13(18-20-11)14(15)5-3-6-14;/h7,9-10H,3-6,8,15H2,1-2H3;1H. The van der Waals surface area contributed by atoms with Gasteiger partial charge in [0.2, 0.25) is 5.89 Å². The molecule has 2 aromatic rings. The third kappa shape index (κ3) is 3.11. The Hall–Kier alpha value is -1.40. The van der Waals surface area contributed by atoms with Crippen LogP contribution in [0.3, 0.4) is 0 Å². The molecule has 1 saturated carbocycles. The summed E-state index contributed by atoms with van der Waals surface area (Å²) in [7, 11) is 0. The lowest BCUT2D eigenvalue weighted by atomic mass is 9.77. The molecule has 0 radical (unpaired) electrons. The summed E-state index contributed by atoms with van der Waals surface area (Å²) in [6.07, 6.45) is 7.57. The zero-order valence-electron chi connectivity index (χ0n) is 12.5. The van der Waals surface area contributed by atoms with Gasteiger partial charge in [0.1, 0.15) is 5.82 Å². The molecule has 0 unspecified atom stereocenters. The van der Waals surface area contributed by atoms with E-state index < -0.39 is 0 Å². The average Bonchev–Trinajstić information content (AvgIpc) is 3.02. The molecule has 0 amide bonds. The average molecular weight is 312 g/mol. The third-order valence-corrected chi connectivity index (χ3v) is 3.99. The fourth-order valence-electron chi connectivity index (χ4n) is 2.57. The highest BCUT2D eigenvalue weighted by Crippen LogP contribution is 2.36. The van der Waals surface area contributed by atoms with Gasteiger partial charge in [-0.2, -0.15) is 4.98 Å². The van der Waals surface area contributed by atoms with Crippen LogP contribution in [0.15, 0.2) is 16.9 Å². The lowest BCUT2D eigenvalue weighted by Gasteiger charge is -2.34. The Balaban J connectivity index is 0.00000161. The van der Waals surface area contributed by atoms with Crippen LogP contribution in [0.4, 0.5) is 0 Å². The van der Waals surface area contributed by atoms with E-state index in [0.717, 1.165) is 31.6 Å². The molecule has 1 fully saturated rings. The molecule has 0 bridgehead atoms. The quantitative estimate of drug-likeness (QED) is 0.916. The fraction of sp³-hybridized carbons (Fsp3) is 0.643. The first-order valence-corrected chi connectivity index (χ1v) is 7.21. The largest absolute Gasteiger partial charge is 0.339 e. The van der Waals surface area contributed by atoms with Crippen LogP contribution in [-0.4, -0.2) is 19.7 Å². The number of halogens is 1. The number of aromatic nitrogens is 4. The van der Waals surface area contributed by atoms with Crippen molar-refractivity contribution in [3.63, 3.8) is 0 Å². The minimum Gasteiger partial charge on any atom is -0.339 e. The van der Waals surface area contributed by atoms with Crippen LogP contribution in [0.5, 0.6) is 0 Å². The van der Waals surface area contributed by atoms with Crippen LogP contribution in [0.25, 0.3) is 0 Å². The van der Waals surface area contributed by atoms with Crippen molar-refractivity contribution in [1.82, 2.24) is 19.7 Å². The van der Waals surface area contributed by atoms with Crippen molar-refractivity contribution in [1.29, 1.82) is 0 Å². The van der Waals surface area contributed by atoms with Crippen LogP contribution in [0, 0.1) is 0 Å². The van der Waals surface area contributed by atoms with Gasteiger partial charge >= 0.3 is 0 Å². The smallest absolute Gasteiger partial charge is 0.228 e. The second kappa shape index (κ2) is 6.15. The molecule has 1 aliphatic rings. The highest BCUT2D eigenvalue weighted by molar-refractivity contribution is 5.85. The molecule has 2 aromatic heterocycles. The van der Waals surface area contributed by atoms with E-state index in [9.17, 15) is 0 Å². The molecule has 0 saturated heterocycles. The number of hydrogen-bond acceptors (Lipinski definition) is 5. The van der Waals surface area contributed by atoms with E-state index >= 15 is 0 Å². The van der Waals surface area contributed by atoms with E-state index in [1.165, 1.54) is 0 Å².